The Morgan fingerprint density at radius 2 is 2.23 bits per heavy atom. The highest BCUT2D eigenvalue weighted by Gasteiger charge is 2.28. The Labute approximate surface area is 133 Å². The predicted molar refractivity (Wildman–Crippen MR) is 83.8 cm³/mol. The average molecular weight is 325 g/mol. The van der Waals surface area contributed by atoms with E-state index in [2.05, 4.69) is 9.97 Å². The number of rotatable bonds is 3. The van der Waals surface area contributed by atoms with E-state index in [9.17, 15) is 9.00 Å². The molecule has 1 aliphatic rings. The summed E-state index contributed by atoms with van der Waals surface area (Å²) >= 11 is 0. The molecule has 1 aromatic rings. The second-order valence-electron chi connectivity index (χ2n) is 6.49. The van der Waals surface area contributed by atoms with Crippen molar-refractivity contribution in [1.29, 1.82) is 0 Å². The van der Waals surface area contributed by atoms with Crippen molar-refractivity contribution < 1.29 is 13.7 Å². The Hall–Kier alpha value is -1.50. The van der Waals surface area contributed by atoms with Crippen molar-refractivity contribution in [3.05, 3.63) is 18.6 Å². The van der Waals surface area contributed by atoms with Gasteiger partial charge in [0.05, 0.1) is 17.0 Å². The second-order valence-corrected chi connectivity index (χ2v) is 7.93. The smallest absolute Gasteiger partial charge is 0.410 e. The number of nitrogens with zero attached hydrogens (tertiary/aromatic N) is 3. The van der Waals surface area contributed by atoms with Crippen molar-refractivity contribution >= 4 is 16.9 Å². The Morgan fingerprint density at radius 1 is 1.45 bits per heavy atom. The molecule has 7 heteroatoms. The molecule has 1 saturated heterocycles. The summed E-state index contributed by atoms with van der Waals surface area (Å²) in [5, 5.41) is 0.497. The van der Waals surface area contributed by atoms with E-state index >= 15 is 0 Å². The molecule has 2 heterocycles. The maximum Gasteiger partial charge on any atom is 0.410 e. The molecule has 0 N–H and O–H groups in total. The number of carbonyl (C=O) groups excluding carboxylic acids is 1. The molecule has 1 fully saturated rings. The minimum Gasteiger partial charge on any atom is -0.444 e. The highest BCUT2D eigenvalue weighted by atomic mass is 32.2. The maximum atomic E-state index is 12.3. The van der Waals surface area contributed by atoms with E-state index in [1.807, 2.05) is 20.8 Å². The molecule has 0 aliphatic carbocycles. The summed E-state index contributed by atoms with van der Waals surface area (Å²) in [4.78, 5) is 21.9. The molecule has 0 spiro atoms. The zero-order chi connectivity index (χ0) is 16.2. The first kappa shape index (κ1) is 16.9. The summed E-state index contributed by atoms with van der Waals surface area (Å²) in [7, 11) is -1.18. The molecule has 2 unspecified atom stereocenters. The molecule has 1 aliphatic heterocycles. The first-order valence-corrected chi connectivity index (χ1v) is 8.79. The van der Waals surface area contributed by atoms with Gasteiger partial charge in [-0.3, -0.25) is 9.19 Å². The third-order valence-electron chi connectivity index (χ3n) is 3.33. The predicted octanol–water partition coefficient (Wildman–Crippen LogP) is 2.23. The lowest BCUT2D eigenvalue weighted by molar-refractivity contribution is 0.0176. The van der Waals surface area contributed by atoms with Crippen LogP contribution in [0.3, 0.4) is 0 Å². The number of likely N-dealkylation sites (tertiary alicyclic amines) is 1. The fraction of sp³-hybridized carbons (Fsp3) is 0.667. The summed E-state index contributed by atoms with van der Waals surface area (Å²) in [6, 6.07) is 0. The molecule has 2 atom stereocenters. The van der Waals surface area contributed by atoms with E-state index in [-0.39, 0.29) is 12.0 Å². The van der Waals surface area contributed by atoms with Crippen LogP contribution in [0.15, 0.2) is 23.6 Å². The third-order valence-corrected chi connectivity index (χ3v) is 4.78. The fourth-order valence-corrected chi connectivity index (χ4v) is 3.62. The number of ether oxygens (including phenoxy) is 1. The molecule has 0 radical (unpaired) electrons. The number of aromatic nitrogens is 2. The summed E-state index contributed by atoms with van der Waals surface area (Å²) < 4.78 is 17.7. The van der Waals surface area contributed by atoms with Crippen LogP contribution < -0.4 is 0 Å². The van der Waals surface area contributed by atoms with Crippen LogP contribution in [-0.4, -0.2) is 49.6 Å². The zero-order valence-corrected chi connectivity index (χ0v) is 14.1. The Balaban J connectivity index is 1.91. The van der Waals surface area contributed by atoms with E-state index < -0.39 is 16.4 Å². The van der Waals surface area contributed by atoms with Gasteiger partial charge in [0.2, 0.25) is 0 Å². The van der Waals surface area contributed by atoms with Crippen LogP contribution >= 0.6 is 0 Å². The van der Waals surface area contributed by atoms with Crippen molar-refractivity contribution in [2.24, 2.45) is 5.92 Å². The first-order chi connectivity index (χ1) is 10.3. The van der Waals surface area contributed by atoms with Gasteiger partial charge in [-0.25, -0.2) is 9.78 Å². The van der Waals surface area contributed by atoms with Crippen molar-refractivity contribution in [2.75, 3.05) is 18.8 Å². The van der Waals surface area contributed by atoms with Gasteiger partial charge < -0.3 is 9.64 Å². The topological polar surface area (TPSA) is 72.4 Å². The number of piperidine rings is 1. The molecular weight excluding hydrogens is 302 g/mol. The molecule has 22 heavy (non-hydrogen) atoms. The van der Waals surface area contributed by atoms with Gasteiger partial charge in [0.15, 0.2) is 0 Å². The molecule has 1 aromatic heterocycles. The van der Waals surface area contributed by atoms with Gasteiger partial charge in [0.25, 0.3) is 0 Å². The van der Waals surface area contributed by atoms with Crippen molar-refractivity contribution in [2.45, 2.75) is 44.2 Å². The van der Waals surface area contributed by atoms with Crippen LogP contribution in [0.1, 0.15) is 33.6 Å². The number of carbonyl (C=O) groups is 1. The normalized spacial score (nSPS) is 20.5. The monoisotopic (exact) mass is 325 g/mol. The zero-order valence-electron chi connectivity index (χ0n) is 13.3. The highest BCUT2D eigenvalue weighted by Crippen LogP contribution is 2.21. The maximum absolute atomic E-state index is 12.3. The lowest BCUT2D eigenvalue weighted by Crippen LogP contribution is -2.44. The number of amides is 1. The molecule has 0 bridgehead atoms. The lowest BCUT2D eigenvalue weighted by Gasteiger charge is -2.33. The second kappa shape index (κ2) is 7.17. The average Bonchev–Trinajstić information content (AvgIpc) is 2.46. The van der Waals surface area contributed by atoms with Gasteiger partial charge in [0.1, 0.15) is 10.6 Å². The van der Waals surface area contributed by atoms with Crippen LogP contribution in [0.4, 0.5) is 4.79 Å². The van der Waals surface area contributed by atoms with Crippen LogP contribution in [0.2, 0.25) is 0 Å². The SMILES string of the molecule is CC(C)(C)OC(=O)N1CCCC(CS(=O)c2cnccn2)C1. The number of hydrogen-bond acceptors (Lipinski definition) is 5. The van der Waals surface area contributed by atoms with E-state index in [0.717, 1.165) is 12.8 Å². The molecule has 1 amide bonds. The summed E-state index contributed by atoms with van der Waals surface area (Å²) in [6.45, 7) is 6.85. The summed E-state index contributed by atoms with van der Waals surface area (Å²) in [6.07, 6.45) is 6.21. The quantitative estimate of drug-likeness (QED) is 0.852. The minimum absolute atomic E-state index is 0.198. The molecule has 6 nitrogen and oxygen atoms in total. The standard InChI is InChI=1S/C15H23N3O3S/c1-15(2,3)21-14(19)18-8-4-5-12(10-18)11-22(20)13-9-16-6-7-17-13/h6-7,9,12H,4-5,8,10-11H2,1-3H3. The molecule has 0 aromatic carbocycles. The Kier molecular flexibility index (Phi) is 5.50. The Bertz CT molecular complexity index is 531. The van der Waals surface area contributed by atoms with Gasteiger partial charge >= 0.3 is 6.09 Å². The van der Waals surface area contributed by atoms with E-state index in [1.165, 1.54) is 6.20 Å². The van der Waals surface area contributed by atoms with E-state index in [1.54, 1.807) is 17.3 Å². The van der Waals surface area contributed by atoms with Crippen molar-refractivity contribution in [1.82, 2.24) is 14.9 Å². The molecular formula is C15H23N3O3S. The lowest BCUT2D eigenvalue weighted by atomic mass is 10.0. The van der Waals surface area contributed by atoms with Gasteiger partial charge in [-0.1, -0.05) is 0 Å². The van der Waals surface area contributed by atoms with Crippen LogP contribution in [0.25, 0.3) is 0 Å². The van der Waals surface area contributed by atoms with Crippen LogP contribution in [0.5, 0.6) is 0 Å². The molecule has 0 saturated carbocycles. The van der Waals surface area contributed by atoms with Crippen molar-refractivity contribution in [3.8, 4) is 0 Å². The van der Waals surface area contributed by atoms with Gasteiger partial charge in [-0.05, 0) is 39.5 Å². The largest absolute Gasteiger partial charge is 0.444 e. The molecule has 2 rings (SSSR count). The van der Waals surface area contributed by atoms with Gasteiger partial charge in [0, 0.05) is 31.2 Å². The Morgan fingerprint density at radius 3 is 2.86 bits per heavy atom. The third kappa shape index (κ3) is 5.05. The van der Waals surface area contributed by atoms with Gasteiger partial charge in [-0.2, -0.15) is 0 Å². The summed E-state index contributed by atoms with van der Waals surface area (Å²) in [5.41, 5.74) is -0.494. The van der Waals surface area contributed by atoms with E-state index in [0.29, 0.717) is 23.9 Å². The van der Waals surface area contributed by atoms with Crippen LogP contribution in [0, 0.1) is 5.92 Å². The summed E-state index contributed by atoms with van der Waals surface area (Å²) in [5.74, 6) is 0.696. The fourth-order valence-electron chi connectivity index (χ4n) is 2.40. The van der Waals surface area contributed by atoms with Crippen LogP contribution in [-0.2, 0) is 15.5 Å². The number of hydrogen-bond donors (Lipinski definition) is 0. The van der Waals surface area contributed by atoms with Gasteiger partial charge in [-0.15, -0.1) is 0 Å². The first-order valence-electron chi connectivity index (χ1n) is 7.47. The van der Waals surface area contributed by atoms with Crippen molar-refractivity contribution in [3.63, 3.8) is 0 Å². The van der Waals surface area contributed by atoms with E-state index in [4.69, 9.17) is 4.74 Å². The highest BCUT2D eigenvalue weighted by molar-refractivity contribution is 7.84. The minimum atomic E-state index is -1.18. The molecule has 122 valence electrons.